The summed E-state index contributed by atoms with van der Waals surface area (Å²) in [6.45, 7) is 0. The molecule has 0 saturated carbocycles. The summed E-state index contributed by atoms with van der Waals surface area (Å²) in [6, 6.07) is 0. The third-order valence-corrected chi connectivity index (χ3v) is 0.805. The summed E-state index contributed by atoms with van der Waals surface area (Å²) >= 11 is 0. The fourth-order valence-corrected chi connectivity index (χ4v) is 0.270. The van der Waals surface area contributed by atoms with Gasteiger partial charge >= 0.3 is 11.9 Å². The van der Waals surface area contributed by atoms with Gasteiger partial charge in [-0.25, -0.2) is 9.59 Å². The Labute approximate surface area is 112 Å². The second-order valence-electron chi connectivity index (χ2n) is 1.57. The number of carboxylic acid groups (broad SMARTS) is 2. The third kappa shape index (κ3) is 6.38. The van der Waals surface area contributed by atoms with E-state index in [1.54, 1.807) is 0 Å². The summed E-state index contributed by atoms with van der Waals surface area (Å²) in [5, 5.41) is 32.5. The molecule has 0 bridgehead atoms. The molecule has 0 rings (SSSR count). The minimum Gasteiger partial charge on any atom is -0.479 e. The van der Waals surface area contributed by atoms with E-state index in [4.69, 9.17) is 20.4 Å². The van der Waals surface area contributed by atoms with Crippen LogP contribution in [0.15, 0.2) is 0 Å². The molecule has 0 aliphatic rings. The SMILES string of the molecule is O=C(O)[C@@H](O)[C@H](O)C(=O)O.[Na].[Na]. The number of rotatable bonds is 3. The van der Waals surface area contributed by atoms with Crippen molar-refractivity contribution in [3.63, 3.8) is 0 Å². The maximum Gasteiger partial charge on any atom is 0.335 e. The summed E-state index contributed by atoms with van der Waals surface area (Å²) < 4.78 is 0. The van der Waals surface area contributed by atoms with E-state index in [1.807, 2.05) is 0 Å². The van der Waals surface area contributed by atoms with Crippen LogP contribution in [0.3, 0.4) is 0 Å². The van der Waals surface area contributed by atoms with E-state index in [9.17, 15) is 9.59 Å². The van der Waals surface area contributed by atoms with Crippen LogP contribution in [0.25, 0.3) is 0 Å². The molecule has 0 aliphatic heterocycles. The van der Waals surface area contributed by atoms with Gasteiger partial charge in [0.2, 0.25) is 0 Å². The van der Waals surface area contributed by atoms with Gasteiger partial charge in [0.1, 0.15) is 0 Å². The molecular formula is C4H6Na2O6. The standard InChI is InChI=1S/C4H6O6.2Na/c5-1(3(7)8)2(6)4(9)10;;/h1-2,5-6H,(H,7,8)(H,9,10);;/t1-,2-;;/m0../s1. The molecule has 6 nitrogen and oxygen atoms in total. The van der Waals surface area contributed by atoms with Crippen molar-refractivity contribution in [2.45, 2.75) is 12.2 Å². The Hall–Kier alpha value is 0.860. The van der Waals surface area contributed by atoms with Crippen LogP contribution in [0.2, 0.25) is 0 Å². The molecule has 0 heterocycles. The average molecular weight is 196 g/mol. The maximum atomic E-state index is 9.77. The predicted octanol–water partition coefficient (Wildman–Crippen LogP) is -2.88. The molecule has 0 aromatic rings. The molecule has 0 aromatic carbocycles. The average Bonchev–Trinajstić information content (AvgIpc) is 1.84. The van der Waals surface area contributed by atoms with Crippen LogP contribution in [0, 0.1) is 0 Å². The Morgan fingerprint density at radius 1 is 0.833 bits per heavy atom. The predicted molar refractivity (Wildman–Crippen MR) is 38.8 cm³/mol. The normalized spacial score (nSPS) is 13.2. The van der Waals surface area contributed by atoms with Crippen LogP contribution in [0.4, 0.5) is 0 Å². The van der Waals surface area contributed by atoms with Crippen molar-refractivity contribution in [3.05, 3.63) is 0 Å². The Balaban J connectivity index is -0.000000405. The summed E-state index contributed by atoms with van der Waals surface area (Å²) in [5.41, 5.74) is 0. The fourth-order valence-electron chi connectivity index (χ4n) is 0.270. The number of aliphatic carboxylic acids is 2. The van der Waals surface area contributed by atoms with Gasteiger partial charge in [-0.05, 0) is 0 Å². The fraction of sp³-hybridized carbons (Fsp3) is 0.500. The van der Waals surface area contributed by atoms with E-state index >= 15 is 0 Å². The van der Waals surface area contributed by atoms with Crippen molar-refractivity contribution in [2.75, 3.05) is 0 Å². The number of hydrogen-bond donors (Lipinski definition) is 4. The van der Waals surface area contributed by atoms with E-state index in [1.165, 1.54) is 0 Å². The first kappa shape index (κ1) is 18.6. The Morgan fingerprint density at radius 3 is 1.08 bits per heavy atom. The Morgan fingerprint density at radius 2 is 1.00 bits per heavy atom. The number of hydrogen-bond acceptors (Lipinski definition) is 4. The summed E-state index contributed by atoms with van der Waals surface area (Å²) in [4.78, 5) is 19.5. The van der Waals surface area contributed by atoms with Crippen LogP contribution in [0.5, 0.6) is 0 Å². The molecule has 0 amide bonds. The smallest absolute Gasteiger partial charge is 0.335 e. The molecule has 2 radical (unpaired) electrons. The van der Waals surface area contributed by atoms with Crippen LogP contribution in [0.1, 0.15) is 0 Å². The quantitative estimate of drug-likeness (QED) is 0.360. The van der Waals surface area contributed by atoms with Crippen LogP contribution in [-0.2, 0) is 9.59 Å². The zero-order valence-corrected chi connectivity index (χ0v) is 10.8. The molecule has 0 spiro atoms. The molecule has 2 atom stereocenters. The second-order valence-corrected chi connectivity index (χ2v) is 1.57. The molecule has 8 heteroatoms. The zero-order chi connectivity index (χ0) is 8.31. The number of carbonyl (C=O) groups is 2. The van der Waals surface area contributed by atoms with Crippen molar-refractivity contribution in [3.8, 4) is 0 Å². The van der Waals surface area contributed by atoms with Gasteiger partial charge in [-0.2, -0.15) is 0 Å². The van der Waals surface area contributed by atoms with Crippen molar-refractivity contribution in [1.82, 2.24) is 0 Å². The molecule has 4 N–H and O–H groups in total. The van der Waals surface area contributed by atoms with Gasteiger partial charge < -0.3 is 20.4 Å². The molecule has 0 saturated heterocycles. The van der Waals surface area contributed by atoms with Crippen LogP contribution in [-0.4, -0.2) is 104 Å². The van der Waals surface area contributed by atoms with Gasteiger partial charge in [-0.3, -0.25) is 0 Å². The van der Waals surface area contributed by atoms with Gasteiger partial charge in [0.05, 0.1) is 0 Å². The first-order valence-electron chi connectivity index (χ1n) is 2.28. The third-order valence-electron chi connectivity index (χ3n) is 0.805. The van der Waals surface area contributed by atoms with Crippen LogP contribution >= 0.6 is 0 Å². The minimum atomic E-state index is -2.27. The topological polar surface area (TPSA) is 115 Å². The van der Waals surface area contributed by atoms with E-state index < -0.39 is 24.1 Å². The summed E-state index contributed by atoms with van der Waals surface area (Å²) in [5.74, 6) is -3.54. The molecule has 12 heavy (non-hydrogen) atoms. The molecule has 60 valence electrons. The van der Waals surface area contributed by atoms with E-state index in [0.29, 0.717) is 0 Å². The minimum absolute atomic E-state index is 0. The van der Waals surface area contributed by atoms with Gasteiger partial charge in [-0.15, -0.1) is 0 Å². The van der Waals surface area contributed by atoms with E-state index in [0.717, 1.165) is 0 Å². The van der Waals surface area contributed by atoms with Gasteiger partial charge in [0, 0.05) is 59.1 Å². The second kappa shape index (κ2) is 8.46. The number of carboxylic acids is 2. The van der Waals surface area contributed by atoms with Gasteiger partial charge in [0.15, 0.2) is 12.2 Å². The summed E-state index contributed by atoms with van der Waals surface area (Å²) in [7, 11) is 0. The number of aliphatic hydroxyl groups is 2. The van der Waals surface area contributed by atoms with Gasteiger partial charge in [0.25, 0.3) is 0 Å². The molecular weight excluding hydrogens is 190 g/mol. The zero-order valence-electron chi connectivity index (χ0n) is 6.76. The molecule has 0 fully saturated rings. The van der Waals surface area contributed by atoms with Crippen LogP contribution < -0.4 is 0 Å². The largest absolute Gasteiger partial charge is 0.479 e. The first-order valence-corrected chi connectivity index (χ1v) is 2.28. The van der Waals surface area contributed by atoms with E-state index in [2.05, 4.69) is 0 Å². The first-order chi connectivity index (χ1) is 4.46. The van der Waals surface area contributed by atoms with Crippen molar-refractivity contribution < 1.29 is 30.0 Å². The van der Waals surface area contributed by atoms with Crippen molar-refractivity contribution >= 4 is 71.1 Å². The van der Waals surface area contributed by atoms with Gasteiger partial charge in [-0.1, -0.05) is 0 Å². The monoisotopic (exact) mass is 196 g/mol. The molecule has 0 aliphatic carbocycles. The molecule has 0 aromatic heterocycles. The maximum absolute atomic E-state index is 9.77. The Bertz CT molecular complexity index is 142. The van der Waals surface area contributed by atoms with Crippen molar-refractivity contribution in [1.29, 1.82) is 0 Å². The van der Waals surface area contributed by atoms with E-state index in [-0.39, 0.29) is 59.1 Å². The molecule has 0 unspecified atom stereocenters. The van der Waals surface area contributed by atoms with Crippen molar-refractivity contribution in [2.24, 2.45) is 0 Å². The Kier molecular flexibility index (Phi) is 13.1. The summed E-state index contributed by atoms with van der Waals surface area (Å²) in [6.07, 6.45) is -4.53. The number of aliphatic hydroxyl groups excluding tert-OH is 2.